The van der Waals surface area contributed by atoms with Crippen LogP contribution < -0.4 is 0 Å². The average molecular weight is 373 g/mol. The Morgan fingerprint density at radius 2 is 2.08 bits per heavy atom. The lowest BCUT2D eigenvalue weighted by atomic mass is 10.1. The maximum atomic E-state index is 12.9. The first kappa shape index (κ1) is 16.9. The molecule has 0 bridgehead atoms. The number of aryl methyl sites for hydroxylation is 1. The molecule has 1 aromatic carbocycles. The van der Waals surface area contributed by atoms with Crippen molar-refractivity contribution in [2.45, 2.75) is 30.3 Å². The minimum atomic E-state index is -3.62. The first-order valence-corrected chi connectivity index (χ1v) is 9.86. The van der Waals surface area contributed by atoms with Crippen LogP contribution in [0.3, 0.4) is 0 Å². The van der Waals surface area contributed by atoms with Crippen LogP contribution in [0.5, 0.6) is 0 Å². The van der Waals surface area contributed by atoms with Gasteiger partial charge in [0.25, 0.3) is 15.9 Å². The van der Waals surface area contributed by atoms with Gasteiger partial charge in [0.05, 0.1) is 6.33 Å². The van der Waals surface area contributed by atoms with Gasteiger partial charge >= 0.3 is 0 Å². The quantitative estimate of drug-likeness (QED) is 0.678. The maximum Gasteiger partial charge on any atom is 0.262 e. The van der Waals surface area contributed by atoms with Crippen LogP contribution in [0.2, 0.25) is 0 Å². The molecule has 0 amide bonds. The van der Waals surface area contributed by atoms with Crippen molar-refractivity contribution < 1.29 is 12.9 Å². The molecule has 0 aliphatic carbocycles. The molecule has 0 saturated carbocycles. The lowest BCUT2D eigenvalue weighted by Crippen LogP contribution is -2.37. The van der Waals surface area contributed by atoms with E-state index < -0.39 is 10.0 Å². The molecule has 2 aromatic heterocycles. The van der Waals surface area contributed by atoms with E-state index in [1.165, 1.54) is 16.8 Å². The lowest BCUT2D eigenvalue weighted by molar-refractivity contribution is 0.369. The minimum Gasteiger partial charge on any atom is -0.339 e. The van der Waals surface area contributed by atoms with Gasteiger partial charge in [-0.3, -0.25) is 0 Å². The maximum absolute atomic E-state index is 12.9. The van der Waals surface area contributed by atoms with E-state index in [1.807, 2.05) is 30.3 Å². The number of sulfonamides is 1. The second kappa shape index (κ2) is 6.65. The van der Waals surface area contributed by atoms with Gasteiger partial charge in [-0.05, 0) is 25.0 Å². The molecule has 3 aromatic rings. The topological polar surface area (TPSA) is 94.1 Å². The first-order chi connectivity index (χ1) is 12.5. The van der Waals surface area contributed by atoms with Crippen molar-refractivity contribution in [3.63, 3.8) is 0 Å². The summed E-state index contributed by atoms with van der Waals surface area (Å²) in [6.07, 6.45) is 5.00. The van der Waals surface area contributed by atoms with Crippen LogP contribution in [0.4, 0.5) is 0 Å². The normalized spacial score (nSPS) is 18.4. The summed E-state index contributed by atoms with van der Waals surface area (Å²) in [5.74, 6) is 0.953. The van der Waals surface area contributed by atoms with E-state index in [4.69, 9.17) is 4.52 Å². The molecule has 3 heterocycles. The molecule has 8 nitrogen and oxygen atoms in total. The van der Waals surface area contributed by atoms with Gasteiger partial charge in [-0.25, -0.2) is 13.4 Å². The van der Waals surface area contributed by atoms with Gasteiger partial charge in [0, 0.05) is 37.8 Å². The van der Waals surface area contributed by atoms with Crippen molar-refractivity contribution in [3.8, 4) is 11.5 Å². The zero-order valence-electron chi connectivity index (χ0n) is 14.3. The Morgan fingerprint density at radius 1 is 1.27 bits per heavy atom. The highest BCUT2D eigenvalue weighted by atomic mass is 32.2. The van der Waals surface area contributed by atoms with Crippen LogP contribution in [0.15, 0.2) is 52.4 Å². The Hall–Kier alpha value is -2.52. The molecular formula is C17H19N5O3S. The summed E-state index contributed by atoms with van der Waals surface area (Å²) in [6.45, 7) is 0.479. The van der Waals surface area contributed by atoms with Crippen LogP contribution in [0, 0.1) is 0 Å². The Bertz CT molecular complexity index is 996. The molecule has 1 unspecified atom stereocenters. The highest BCUT2D eigenvalue weighted by molar-refractivity contribution is 7.89. The van der Waals surface area contributed by atoms with E-state index in [9.17, 15) is 8.42 Å². The molecule has 136 valence electrons. The van der Waals surface area contributed by atoms with Crippen molar-refractivity contribution in [1.82, 2.24) is 24.0 Å². The molecule has 1 atom stereocenters. The van der Waals surface area contributed by atoms with Gasteiger partial charge < -0.3 is 9.09 Å². The summed E-state index contributed by atoms with van der Waals surface area (Å²) < 4.78 is 34.2. The largest absolute Gasteiger partial charge is 0.339 e. The molecule has 0 N–H and O–H groups in total. The predicted molar refractivity (Wildman–Crippen MR) is 93.6 cm³/mol. The molecule has 1 aliphatic heterocycles. The van der Waals surface area contributed by atoms with Crippen LogP contribution in [-0.4, -0.2) is 45.0 Å². The highest BCUT2D eigenvalue weighted by Crippen LogP contribution is 2.27. The molecule has 9 heteroatoms. The van der Waals surface area contributed by atoms with Gasteiger partial charge in [-0.1, -0.05) is 23.4 Å². The standard InChI is InChI=1S/C17H19N5O3S/c1-21-11-16(18-12-21)26(23,24)22-9-5-8-14(22)10-15-19-17(25-20-15)13-6-3-2-4-7-13/h2-4,6-7,11-12,14H,5,8-10H2,1H3. The summed E-state index contributed by atoms with van der Waals surface area (Å²) >= 11 is 0. The first-order valence-electron chi connectivity index (χ1n) is 8.42. The monoisotopic (exact) mass is 373 g/mol. The number of nitrogens with zero attached hydrogens (tertiary/aromatic N) is 5. The van der Waals surface area contributed by atoms with Gasteiger partial charge in [0.1, 0.15) is 0 Å². The van der Waals surface area contributed by atoms with Crippen molar-refractivity contribution in [3.05, 3.63) is 48.7 Å². The fourth-order valence-electron chi connectivity index (χ4n) is 3.22. The smallest absolute Gasteiger partial charge is 0.262 e. The Labute approximate surface area is 151 Å². The zero-order valence-corrected chi connectivity index (χ0v) is 15.1. The molecule has 0 spiro atoms. The predicted octanol–water partition coefficient (Wildman–Crippen LogP) is 1.87. The molecule has 1 fully saturated rings. The summed E-state index contributed by atoms with van der Waals surface area (Å²) in [5, 5.41) is 4.10. The molecule has 1 saturated heterocycles. The number of aromatic nitrogens is 4. The van der Waals surface area contributed by atoms with Crippen molar-refractivity contribution >= 4 is 10.0 Å². The van der Waals surface area contributed by atoms with E-state index >= 15 is 0 Å². The third-order valence-corrected chi connectivity index (χ3v) is 6.32. The SMILES string of the molecule is Cn1cnc(S(=O)(=O)N2CCCC2Cc2noc(-c3ccccc3)n2)c1. The molecule has 1 aliphatic rings. The van der Waals surface area contributed by atoms with E-state index in [1.54, 1.807) is 11.6 Å². The van der Waals surface area contributed by atoms with E-state index in [0.717, 1.165) is 18.4 Å². The van der Waals surface area contributed by atoms with Crippen molar-refractivity contribution in [2.24, 2.45) is 7.05 Å². The number of imidazole rings is 1. The molecular weight excluding hydrogens is 354 g/mol. The second-order valence-corrected chi connectivity index (χ2v) is 8.21. The number of hydrogen-bond donors (Lipinski definition) is 0. The van der Waals surface area contributed by atoms with Gasteiger partial charge in [-0.2, -0.15) is 9.29 Å². The minimum absolute atomic E-state index is 0.0741. The third kappa shape index (κ3) is 3.15. The highest BCUT2D eigenvalue weighted by Gasteiger charge is 2.37. The van der Waals surface area contributed by atoms with E-state index in [-0.39, 0.29) is 11.1 Å². The number of hydrogen-bond acceptors (Lipinski definition) is 6. The molecule has 26 heavy (non-hydrogen) atoms. The number of benzene rings is 1. The fourth-order valence-corrected chi connectivity index (χ4v) is 4.88. The second-order valence-electron chi connectivity index (χ2n) is 6.38. The van der Waals surface area contributed by atoms with Crippen LogP contribution >= 0.6 is 0 Å². The van der Waals surface area contributed by atoms with E-state index in [2.05, 4.69) is 15.1 Å². The van der Waals surface area contributed by atoms with Gasteiger partial charge in [0.15, 0.2) is 10.9 Å². The molecule has 4 rings (SSSR count). The summed E-state index contributed by atoms with van der Waals surface area (Å²) in [7, 11) is -1.87. The summed E-state index contributed by atoms with van der Waals surface area (Å²) in [4.78, 5) is 8.42. The fraction of sp³-hybridized carbons (Fsp3) is 0.353. The van der Waals surface area contributed by atoms with Gasteiger partial charge in [-0.15, -0.1) is 0 Å². The summed E-state index contributed by atoms with van der Waals surface area (Å²) in [5.41, 5.74) is 0.843. The lowest BCUT2D eigenvalue weighted by Gasteiger charge is -2.21. The average Bonchev–Trinajstić information content (AvgIpc) is 3.37. The Morgan fingerprint density at radius 3 is 2.81 bits per heavy atom. The van der Waals surface area contributed by atoms with Crippen molar-refractivity contribution in [1.29, 1.82) is 0 Å². The zero-order chi connectivity index (χ0) is 18.1. The number of rotatable bonds is 5. The van der Waals surface area contributed by atoms with Crippen LogP contribution in [-0.2, 0) is 23.5 Å². The summed E-state index contributed by atoms with van der Waals surface area (Å²) in [6, 6.07) is 9.31. The Balaban J connectivity index is 1.54. The van der Waals surface area contributed by atoms with Crippen LogP contribution in [0.1, 0.15) is 18.7 Å². The Kier molecular flexibility index (Phi) is 4.33. The van der Waals surface area contributed by atoms with Crippen LogP contribution in [0.25, 0.3) is 11.5 Å². The third-order valence-electron chi connectivity index (χ3n) is 4.48. The van der Waals surface area contributed by atoms with E-state index in [0.29, 0.717) is 24.7 Å². The van der Waals surface area contributed by atoms with Crippen molar-refractivity contribution in [2.75, 3.05) is 6.54 Å². The van der Waals surface area contributed by atoms with Gasteiger partial charge in [0.2, 0.25) is 0 Å². The molecule has 0 radical (unpaired) electrons.